The molecule has 2 rings (SSSR count). The molecule has 1 N–H and O–H groups in total. The van der Waals surface area contributed by atoms with Gasteiger partial charge in [-0.15, -0.1) is 0 Å². The Morgan fingerprint density at radius 2 is 2.30 bits per heavy atom. The van der Waals surface area contributed by atoms with Crippen molar-refractivity contribution in [2.24, 2.45) is 0 Å². The predicted octanol–water partition coefficient (Wildman–Crippen LogP) is 1.25. The van der Waals surface area contributed by atoms with Gasteiger partial charge in [0.15, 0.2) is 0 Å². The summed E-state index contributed by atoms with van der Waals surface area (Å²) in [5, 5.41) is 9.61. The van der Waals surface area contributed by atoms with Crippen molar-refractivity contribution in [2.75, 3.05) is 25.0 Å². The largest absolute Gasteiger partial charge is 0.480 e. The van der Waals surface area contributed by atoms with E-state index in [0.717, 1.165) is 6.42 Å². The molecule has 1 atom stereocenters. The molecule has 6 nitrogen and oxygen atoms in total. The van der Waals surface area contributed by atoms with Crippen molar-refractivity contribution in [2.45, 2.75) is 18.9 Å². The molecule has 0 aliphatic carbocycles. The highest BCUT2D eigenvalue weighted by molar-refractivity contribution is 6.30. The number of pyridine rings is 1. The standard InChI is InChI=1S/C13H16ClN3O3/c1-16(11-5-4-9(14)7-15-11)8-12(18)17-6-2-3-10(17)13(19)20/h4-5,7,10H,2-3,6,8H2,1H3,(H,19,20)/t10-/m1/s1. The van der Waals surface area contributed by atoms with E-state index in [-0.39, 0.29) is 12.5 Å². The highest BCUT2D eigenvalue weighted by atomic mass is 35.5. The van der Waals surface area contributed by atoms with Gasteiger partial charge in [0.05, 0.1) is 11.6 Å². The average Bonchev–Trinajstić information content (AvgIpc) is 2.88. The SMILES string of the molecule is CN(CC(=O)N1CCC[C@@H]1C(=O)O)c1ccc(Cl)cn1. The minimum absolute atomic E-state index is 0.0956. The van der Waals surface area contributed by atoms with Gasteiger partial charge in [0.1, 0.15) is 11.9 Å². The third kappa shape index (κ3) is 3.19. The van der Waals surface area contributed by atoms with E-state index in [1.54, 1.807) is 24.1 Å². The number of carboxylic acid groups (broad SMARTS) is 1. The second kappa shape index (κ2) is 6.09. The Balaban J connectivity index is 2.00. The van der Waals surface area contributed by atoms with Gasteiger partial charge in [-0.3, -0.25) is 4.79 Å². The average molecular weight is 298 g/mol. The van der Waals surface area contributed by atoms with Crippen molar-refractivity contribution in [1.82, 2.24) is 9.88 Å². The van der Waals surface area contributed by atoms with E-state index in [2.05, 4.69) is 4.98 Å². The van der Waals surface area contributed by atoms with Crippen LogP contribution in [0, 0.1) is 0 Å². The number of aliphatic carboxylic acids is 1. The minimum atomic E-state index is -0.942. The number of rotatable bonds is 4. The van der Waals surface area contributed by atoms with E-state index < -0.39 is 12.0 Å². The predicted molar refractivity (Wildman–Crippen MR) is 74.9 cm³/mol. The molecule has 0 radical (unpaired) electrons. The van der Waals surface area contributed by atoms with Crippen LogP contribution < -0.4 is 4.90 Å². The highest BCUT2D eigenvalue weighted by Gasteiger charge is 2.34. The minimum Gasteiger partial charge on any atom is -0.480 e. The smallest absolute Gasteiger partial charge is 0.326 e. The fraction of sp³-hybridized carbons (Fsp3) is 0.462. The van der Waals surface area contributed by atoms with Gasteiger partial charge in [0, 0.05) is 19.8 Å². The zero-order valence-electron chi connectivity index (χ0n) is 11.1. The molecule has 20 heavy (non-hydrogen) atoms. The normalized spacial score (nSPS) is 18.1. The van der Waals surface area contributed by atoms with Gasteiger partial charge in [0.25, 0.3) is 0 Å². The van der Waals surface area contributed by atoms with Crippen molar-refractivity contribution < 1.29 is 14.7 Å². The molecule has 0 spiro atoms. The first-order valence-corrected chi connectivity index (χ1v) is 6.72. The van der Waals surface area contributed by atoms with Crippen molar-refractivity contribution in [3.05, 3.63) is 23.4 Å². The summed E-state index contributed by atoms with van der Waals surface area (Å²) in [6.45, 7) is 0.593. The van der Waals surface area contributed by atoms with Gasteiger partial charge in [-0.1, -0.05) is 11.6 Å². The number of nitrogens with zero attached hydrogens (tertiary/aromatic N) is 3. The summed E-state index contributed by atoms with van der Waals surface area (Å²) in [4.78, 5) is 30.5. The van der Waals surface area contributed by atoms with E-state index in [0.29, 0.717) is 23.8 Å². The number of hydrogen-bond acceptors (Lipinski definition) is 4. The number of amides is 1. The molecule has 0 unspecified atom stereocenters. The number of halogens is 1. The molecule has 1 fully saturated rings. The monoisotopic (exact) mass is 297 g/mol. The molecular formula is C13H16ClN3O3. The second-order valence-electron chi connectivity index (χ2n) is 4.77. The number of carbonyl (C=O) groups excluding carboxylic acids is 1. The first kappa shape index (κ1) is 14.6. The van der Waals surface area contributed by atoms with Crippen molar-refractivity contribution >= 4 is 29.3 Å². The number of hydrogen-bond donors (Lipinski definition) is 1. The highest BCUT2D eigenvalue weighted by Crippen LogP contribution is 2.19. The van der Waals surface area contributed by atoms with Gasteiger partial charge in [0.2, 0.25) is 5.91 Å². The molecule has 0 aromatic carbocycles. The summed E-state index contributed by atoms with van der Waals surface area (Å²) < 4.78 is 0. The summed E-state index contributed by atoms with van der Waals surface area (Å²) in [5.74, 6) is -0.522. The van der Waals surface area contributed by atoms with Crippen LogP contribution in [0.4, 0.5) is 5.82 Å². The van der Waals surface area contributed by atoms with Gasteiger partial charge >= 0.3 is 5.97 Å². The Labute approximate surface area is 122 Å². The van der Waals surface area contributed by atoms with Crippen LogP contribution in [0.3, 0.4) is 0 Å². The maximum atomic E-state index is 12.2. The summed E-state index contributed by atoms with van der Waals surface area (Å²) in [6.07, 6.45) is 2.75. The van der Waals surface area contributed by atoms with Crippen molar-refractivity contribution in [1.29, 1.82) is 0 Å². The lowest BCUT2D eigenvalue weighted by Gasteiger charge is -2.25. The Morgan fingerprint density at radius 3 is 2.90 bits per heavy atom. The van der Waals surface area contributed by atoms with E-state index in [1.807, 2.05) is 0 Å². The molecule has 1 saturated heterocycles. The van der Waals surface area contributed by atoms with Gasteiger partial charge in [-0.25, -0.2) is 9.78 Å². The van der Waals surface area contributed by atoms with Crippen LogP contribution in [0.1, 0.15) is 12.8 Å². The summed E-state index contributed by atoms with van der Waals surface area (Å²) in [5.41, 5.74) is 0. The summed E-state index contributed by atoms with van der Waals surface area (Å²) in [7, 11) is 1.74. The number of aromatic nitrogens is 1. The van der Waals surface area contributed by atoms with Crippen LogP contribution >= 0.6 is 11.6 Å². The van der Waals surface area contributed by atoms with Crippen molar-refractivity contribution in [3.63, 3.8) is 0 Å². The quantitative estimate of drug-likeness (QED) is 0.905. The summed E-state index contributed by atoms with van der Waals surface area (Å²) in [6, 6.07) is 2.71. The molecule has 2 heterocycles. The van der Waals surface area contributed by atoms with Gasteiger partial charge in [-0.05, 0) is 25.0 Å². The van der Waals surface area contributed by atoms with Crippen LogP contribution in [0.5, 0.6) is 0 Å². The zero-order valence-corrected chi connectivity index (χ0v) is 11.9. The third-order valence-corrected chi connectivity index (χ3v) is 3.56. The lowest BCUT2D eigenvalue weighted by Crippen LogP contribution is -2.45. The van der Waals surface area contributed by atoms with Crippen LogP contribution in [0.25, 0.3) is 0 Å². The number of anilines is 1. The second-order valence-corrected chi connectivity index (χ2v) is 5.21. The zero-order chi connectivity index (χ0) is 14.7. The maximum absolute atomic E-state index is 12.2. The number of likely N-dealkylation sites (tertiary alicyclic amines) is 1. The topological polar surface area (TPSA) is 73.7 Å². The molecule has 1 aliphatic heterocycles. The lowest BCUT2D eigenvalue weighted by molar-refractivity contribution is -0.147. The lowest BCUT2D eigenvalue weighted by atomic mass is 10.2. The van der Waals surface area contributed by atoms with Crippen molar-refractivity contribution in [3.8, 4) is 0 Å². The number of carbonyl (C=O) groups is 2. The fourth-order valence-electron chi connectivity index (χ4n) is 2.29. The van der Waals surface area contributed by atoms with E-state index in [1.165, 1.54) is 11.1 Å². The van der Waals surface area contributed by atoms with Crippen LogP contribution in [-0.4, -0.2) is 53.0 Å². The molecule has 0 saturated carbocycles. The summed E-state index contributed by atoms with van der Waals surface area (Å²) >= 11 is 5.76. The molecule has 1 aromatic rings. The Bertz CT molecular complexity index is 506. The molecule has 1 aliphatic rings. The number of likely N-dealkylation sites (N-methyl/N-ethyl adjacent to an activating group) is 1. The van der Waals surface area contributed by atoms with E-state index in [9.17, 15) is 9.59 Å². The molecule has 7 heteroatoms. The van der Waals surface area contributed by atoms with Gasteiger partial charge in [-0.2, -0.15) is 0 Å². The molecule has 108 valence electrons. The number of carboxylic acids is 1. The molecule has 0 bridgehead atoms. The first-order chi connectivity index (χ1) is 9.49. The molecular weight excluding hydrogens is 282 g/mol. The van der Waals surface area contributed by atoms with Crippen LogP contribution in [0.15, 0.2) is 18.3 Å². The molecule has 1 aromatic heterocycles. The third-order valence-electron chi connectivity index (χ3n) is 3.33. The van der Waals surface area contributed by atoms with Crippen LogP contribution in [-0.2, 0) is 9.59 Å². The van der Waals surface area contributed by atoms with E-state index in [4.69, 9.17) is 16.7 Å². The maximum Gasteiger partial charge on any atom is 0.326 e. The Morgan fingerprint density at radius 1 is 1.55 bits per heavy atom. The van der Waals surface area contributed by atoms with E-state index >= 15 is 0 Å². The Hall–Kier alpha value is -1.82. The molecule has 1 amide bonds. The Kier molecular flexibility index (Phi) is 4.44. The van der Waals surface area contributed by atoms with Crippen LogP contribution in [0.2, 0.25) is 5.02 Å². The van der Waals surface area contributed by atoms with Gasteiger partial charge < -0.3 is 14.9 Å². The first-order valence-electron chi connectivity index (χ1n) is 6.34. The fourth-order valence-corrected chi connectivity index (χ4v) is 2.40.